The summed E-state index contributed by atoms with van der Waals surface area (Å²) in [5.74, 6) is 0.368. The lowest BCUT2D eigenvalue weighted by atomic mass is 10.0. The number of alkyl halides is 1. The zero-order valence-corrected chi connectivity index (χ0v) is 15.6. The van der Waals surface area contributed by atoms with Crippen LogP contribution in [0.15, 0.2) is 35.5 Å². The molecule has 6 nitrogen and oxygen atoms in total. The summed E-state index contributed by atoms with van der Waals surface area (Å²) in [6.07, 6.45) is 3.70. The predicted molar refractivity (Wildman–Crippen MR) is 106 cm³/mol. The first-order valence-electron chi connectivity index (χ1n) is 9.19. The van der Waals surface area contributed by atoms with Gasteiger partial charge in [0.1, 0.15) is 17.7 Å². The molecular weight excluding hydrogens is 359 g/mol. The molecule has 1 fully saturated rings. The standard InChI is InChI=1S/C21H19FN4O2/c1-26-17(14-9-16-11(3-4-23-16)6-19(14)28-2)5-12-7-20(24-10-18(12)26)25-21(27)13-8-15(13)22/h4-7,9-10,13,15H,3,8H2,1-2H3,(H,24,25,27). The number of halogens is 1. The highest BCUT2D eigenvalue weighted by Gasteiger charge is 2.43. The first kappa shape index (κ1) is 16.9. The summed E-state index contributed by atoms with van der Waals surface area (Å²) >= 11 is 0. The van der Waals surface area contributed by atoms with Crippen LogP contribution < -0.4 is 10.1 Å². The zero-order chi connectivity index (χ0) is 19.4. The highest BCUT2D eigenvalue weighted by atomic mass is 19.1. The highest BCUT2D eigenvalue weighted by molar-refractivity contribution is 5.97. The largest absolute Gasteiger partial charge is 0.496 e. The van der Waals surface area contributed by atoms with Crippen molar-refractivity contribution in [3.63, 3.8) is 0 Å². The van der Waals surface area contributed by atoms with E-state index in [4.69, 9.17) is 4.74 Å². The van der Waals surface area contributed by atoms with Gasteiger partial charge in [-0.25, -0.2) is 9.37 Å². The molecule has 142 valence electrons. The third-order valence-electron chi connectivity index (χ3n) is 5.45. The summed E-state index contributed by atoms with van der Waals surface area (Å²) in [6, 6.07) is 7.91. The van der Waals surface area contributed by atoms with E-state index < -0.39 is 12.1 Å². The number of rotatable bonds is 4. The van der Waals surface area contributed by atoms with Crippen molar-refractivity contribution in [1.29, 1.82) is 0 Å². The Hall–Kier alpha value is -3.22. The maximum atomic E-state index is 13.1. The first-order chi connectivity index (χ1) is 13.5. The molecule has 7 heteroatoms. The number of nitrogens with zero attached hydrogens (tertiary/aromatic N) is 3. The van der Waals surface area contributed by atoms with Crippen molar-refractivity contribution in [2.75, 3.05) is 12.4 Å². The van der Waals surface area contributed by atoms with Crippen LogP contribution in [0.3, 0.4) is 0 Å². The van der Waals surface area contributed by atoms with Crippen LogP contribution in [-0.2, 0) is 18.3 Å². The number of benzene rings is 1. The summed E-state index contributed by atoms with van der Waals surface area (Å²) in [4.78, 5) is 20.7. The number of nitrogens with one attached hydrogen (secondary N) is 1. The van der Waals surface area contributed by atoms with Gasteiger partial charge in [0.15, 0.2) is 0 Å². The first-order valence-corrected chi connectivity index (χ1v) is 9.19. The van der Waals surface area contributed by atoms with E-state index in [0.29, 0.717) is 12.2 Å². The minimum absolute atomic E-state index is 0.296. The van der Waals surface area contributed by atoms with Crippen molar-refractivity contribution in [1.82, 2.24) is 9.55 Å². The van der Waals surface area contributed by atoms with Gasteiger partial charge in [0.2, 0.25) is 5.91 Å². The Morgan fingerprint density at radius 2 is 2.14 bits per heavy atom. The van der Waals surface area contributed by atoms with Gasteiger partial charge < -0.3 is 14.6 Å². The number of anilines is 1. The van der Waals surface area contributed by atoms with E-state index in [-0.39, 0.29) is 5.91 Å². The normalized spacial score (nSPS) is 19.7. The molecular formula is C21H19FN4O2. The van der Waals surface area contributed by atoms with Crippen molar-refractivity contribution in [3.8, 4) is 17.0 Å². The molecule has 0 spiro atoms. The van der Waals surface area contributed by atoms with E-state index in [2.05, 4.69) is 15.3 Å². The zero-order valence-electron chi connectivity index (χ0n) is 15.6. The lowest BCUT2D eigenvalue weighted by Gasteiger charge is -2.12. The van der Waals surface area contributed by atoms with Crippen LogP contribution in [0, 0.1) is 5.92 Å². The Labute approximate surface area is 161 Å². The fourth-order valence-electron chi connectivity index (χ4n) is 3.72. The highest BCUT2D eigenvalue weighted by Crippen LogP contribution is 2.40. The number of fused-ring (bicyclic) bond motifs is 2. The van der Waals surface area contributed by atoms with Gasteiger partial charge in [0, 0.05) is 30.6 Å². The second-order valence-electron chi connectivity index (χ2n) is 7.26. The molecule has 2 atom stereocenters. The third-order valence-corrected chi connectivity index (χ3v) is 5.45. The number of pyridine rings is 1. The summed E-state index contributed by atoms with van der Waals surface area (Å²) in [6.45, 7) is 0. The van der Waals surface area contributed by atoms with Gasteiger partial charge in [-0.3, -0.25) is 9.79 Å². The quantitative estimate of drug-likeness (QED) is 0.751. The predicted octanol–water partition coefficient (Wildman–Crippen LogP) is 3.80. The van der Waals surface area contributed by atoms with Crippen LogP contribution in [-0.4, -0.2) is 35.0 Å². The number of aryl methyl sites for hydroxylation is 1. The number of methoxy groups -OCH3 is 1. The van der Waals surface area contributed by atoms with Crippen molar-refractivity contribution in [3.05, 3.63) is 36.0 Å². The minimum Gasteiger partial charge on any atom is -0.496 e. The molecule has 3 aromatic rings. The molecule has 0 bridgehead atoms. The SMILES string of the molecule is COc1cc2c(cc1-c1cc3cc(NC(=O)C4CC4F)ncc3n1C)N=CC2. The topological polar surface area (TPSA) is 68.5 Å². The number of ether oxygens (including phenoxy) is 1. The van der Waals surface area contributed by atoms with Crippen LogP contribution in [0.5, 0.6) is 5.75 Å². The van der Waals surface area contributed by atoms with E-state index in [1.165, 1.54) is 0 Å². The molecule has 5 rings (SSSR count). The average molecular weight is 378 g/mol. The molecule has 2 aliphatic rings. The molecule has 3 heterocycles. The van der Waals surface area contributed by atoms with E-state index in [9.17, 15) is 9.18 Å². The number of carbonyl (C=O) groups is 1. The lowest BCUT2D eigenvalue weighted by Crippen LogP contribution is -2.15. The monoisotopic (exact) mass is 378 g/mol. The van der Waals surface area contributed by atoms with Crippen molar-refractivity contribution < 1.29 is 13.9 Å². The summed E-state index contributed by atoms with van der Waals surface area (Å²) in [5.41, 5.74) is 4.94. The Morgan fingerprint density at radius 3 is 2.89 bits per heavy atom. The van der Waals surface area contributed by atoms with Crippen LogP contribution in [0.1, 0.15) is 12.0 Å². The molecule has 1 aliphatic heterocycles. The van der Waals surface area contributed by atoms with Gasteiger partial charge in [-0.1, -0.05) is 0 Å². The minimum atomic E-state index is -1.03. The van der Waals surface area contributed by atoms with Gasteiger partial charge in [-0.15, -0.1) is 0 Å². The molecule has 2 aromatic heterocycles. The summed E-state index contributed by atoms with van der Waals surface area (Å²) in [7, 11) is 3.63. The number of hydrogen-bond acceptors (Lipinski definition) is 4. The van der Waals surface area contributed by atoms with Crippen LogP contribution >= 0.6 is 0 Å². The Kier molecular flexibility index (Phi) is 3.72. The molecule has 2 unspecified atom stereocenters. The Morgan fingerprint density at radius 1 is 1.32 bits per heavy atom. The van der Waals surface area contributed by atoms with Crippen LogP contribution in [0.2, 0.25) is 0 Å². The van der Waals surface area contributed by atoms with E-state index >= 15 is 0 Å². The van der Waals surface area contributed by atoms with Gasteiger partial charge in [0.05, 0.1) is 36.1 Å². The smallest absolute Gasteiger partial charge is 0.231 e. The van der Waals surface area contributed by atoms with Crippen molar-refractivity contribution in [2.45, 2.75) is 19.0 Å². The Balaban J connectivity index is 1.55. The molecule has 1 amide bonds. The van der Waals surface area contributed by atoms with Crippen molar-refractivity contribution in [2.24, 2.45) is 18.0 Å². The summed E-state index contributed by atoms with van der Waals surface area (Å²) < 4.78 is 20.7. The molecule has 1 aromatic carbocycles. The molecule has 1 N–H and O–H groups in total. The van der Waals surface area contributed by atoms with Gasteiger partial charge in [-0.05, 0) is 36.2 Å². The number of carbonyl (C=O) groups excluding carboxylic acids is 1. The Bertz CT molecular complexity index is 1150. The van der Waals surface area contributed by atoms with E-state index in [1.54, 1.807) is 13.3 Å². The lowest BCUT2D eigenvalue weighted by molar-refractivity contribution is -0.117. The number of hydrogen-bond donors (Lipinski definition) is 1. The van der Waals surface area contributed by atoms with Gasteiger partial charge in [0.25, 0.3) is 0 Å². The number of aliphatic imine (C=N–C) groups is 1. The molecule has 1 aliphatic carbocycles. The fraction of sp³-hybridized carbons (Fsp3) is 0.286. The van der Waals surface area contributed by atoms with Crippen LogP contribution in [0.4, 0.5) is 15.9 Å². The third kappa shape index (κ3) is 2.66. The summed E-state index contributed by atoms with van der Waals surface area (Å²) in [5, 5.41) is 3.64. The fourth-order valence-corrected chi connectivity index (χ4v) is 3.72. The van der Waals surface area contributed by atoms with Crippen LogP contribution in [0.25, 0.3) is 22.2 Å². The maximum Gasteiger partial charge on any atom is 0.231 e. The number of amides is 1. The van der Waals surface area contributed by atoms with Gasteiger partial charge >= 0.3 is 0 Å². The van der Waals surface area contributed by atoms with E-state index in [0.717, 1.165) is 45.6 Å². The van der Waals surface area contributed by atoms with Crippen molar-refractivity contribution >= 4 is 34.5 Å². The van der Waals surface area contributed by atoms with Gasteiger partial charge in [-0.2, -0.15) is 0 Å². The maximum absolute atomic E-state index is 13.1. The molecule has 0 radical (unpaired) electrons. The number of aromatic nitrogens is 2. The average Bonchev–Trinajstić information content (AvgIpc) is 3.11. The molecule has 1 saturated carbocycles. The molecule has 0 saturated heterocycles. The molecule has 28 heavy (non-hydrogen) atoms. The second-order valence-corrected chi connectivity index (χ2v) is 7.26. The second kappa shape index (κ2) is 6.15. The van der Waals surface area contributed by atoms with E-state index in [1.807, 2.05) is 42.1 Å².